The largest absolute Gasteiger partial charge is 0.507 e. The van der Waals surface area contributed by atoms with E-state index in [1.54, 1.807) is 22.6 Å². The van der Waals surface area contributed by atoms with Gasteiger partial charge in [0.25, 0.3) is 5.91 Å². The fraction of sp³-hybridized carbons (Fsp3) is 0.100. The van der Waals surface area contributed by atoms with Crippen LogP contribution in [0.2, 0.25) is 0 Å². The second kappa shape index (κ2) is 6.14. The highest BCUT2D eigenvalue weighted by Crippen LogP contribution is 2.30. The van der Waals surface area contributed by atoms with Crippen molar-refractivity contribution in [3.05, 3.63) is 70.1 Å². The number of imidazole rings is 1. The molecule has 0 aliphatic heterocycles. The van der Waals surface area contributed by atoms with Gasteiger partial charge in [-0.05, 0) is 53.5 Å². The topological polar surface area (TPSA) is 66.6 Å². The summed E-state index contributed by atoms with van der Waals surface area (Å²) in [5.74, 6) is -0.0625. The molecule has 0 saturated carbocycles. The summed E-state index contributed by atoms with van der Waals surface area (Å²) < 4.78 is 2.68. The predicted octanol–water partition coefficient (Wildman–Crippen LogP) is 4.82. The number of carbonyl (C=O) groups is 1. The van der Waals surface area contributed by atoms with Gasteiger partial charge in [-0.3, -0.25) is 9.20 Å². The van der Waals surface area contributed by atoms with E-state index in [2.05, 4.69) is 26.2 Å². The Labute approximate surface area is 158 Å². The number of aromatic hydroxyl groups is 1. The maximum atomic E-state index is 13.0. The molecule has 0 aliphatic carbocycles. The van der Waals surface area contributed by atoms with Crippen LogP contribution in [-0.4, -0.2) is 20.4 Å². The fourth-order valence-electron chi connectivity index (χ4n) is 3.24. The lowest BCUT2D eigenvalue weighted by Gasteiger charge is -2.10. The number of aromatic nitrogens is 2. The average molecular weight is 410 g/mol. The molecule has 1 amide bonds. The second-order valence-corrected chi connectivity index (χ2v) is 7.13. The Morgan fingerprint density at radius 1 is 1.15 bits per heavy atom. The van der Waals surface area contributed by atoms with Gasteiger partial charge in [0.05, 0.1) is 5.69 Å². The highest BCUT2D eigenvalue weighted by Gasteiger charge is 2.19. The Morgan fingerprint density at radius 3 is 2.69 bits per heavy atom. The number of fused-ring (bicyclic) bond motifs is 2. The van der Waals surface area contributed by atoms with Gasteiger partial charge in [-0.1, -0.05) is 24.3 Å². The van der Waals surface area contributed by atoms with E-state index in [0.717, 1.165) is 21.1 Å². The van der Waals surface area contributed by atoms with Gasteiger partial charge in [-0.2, -0.15) is 0 Å². The minimum absolute atomic E-state index is 0.184. The summed E-state index contributed by atoms with van der Waals surface area (Å²) in [7, 11) is 0. The summed E-state index contributed by atoms with van der Waals surface area (Å²) in [6.45, 7) is 3.78. The van der Waals surface area contributed by atoms with Crippen LogP contribution in [0.15, 0.2) is 53.1 Å². The van der Waals surface area contributed by atoms with Crippen LogP contribution in [0.5, 0.6) is 5.75 Å². The zero-order valence-corrected chi connectivity index (χ0v) is 15.8. The average Bonchev–Trinajstić information content (AvgIpc) is 2.92. The van der Waals surface area contributed by atoms with E-state index in [1.807, 2.05) is 44.3 Å². The van der Waals surface area contributed by atoms with Crippen LogP contribution < -0.4 is 5.32 Å². The molecule has 0 bridgehead atoms. The highest BCUT2D eigenvalue weighted by atomic mass is 79.9. The van der Waals surface area contributed by atoms with Crippen LogP contribution in [0.4, 0.5) is 5.69 Å². The van der Waals surface area contributed by atoms with Crippen LogP contribution in [0.3, 0.4) is 0 Å². The van der Waals surface area contributed by atoms with Crippen molar-refractivity contribution < 1.29 is 9.90 Å². The summed E-state index contributed by atoms with van der Waals surface area (Å²) >= 11 is 3.48. The molecular formula is C20H16BrN3O2. The summed E-state index contributed by atoms with van der Waals surface area (Å²) in [5, 5.41) is 14.5. The third-order valence-corrected chi connectivity index (χ3v) is 4.84. The third kappa shape index (κ3) is 2.63. The Morgan fingerprint density at radius 2 is 1.88 bits per heavy atom. The van der Waals surface area contributed by atoms with E-state index < -0.39 is 0 Å². The van der Waals surface area contributed by atoms with Crippen molar-refractivity contribution in [2.45, 2.75) is 13.8 Å². The predicted molar refractivity (Wildman–Crippen MR) is 106 cm³/mol. The zero-order valence-electron chi connectivity index (χ0n) is 14.2. The van der Waals surface area contributed by atoms with Crippen LogP contribution in [-0.2, 0) is 0 Å². The number of amides is 1. The lowest BCUT2D eigenvalue weighted by Crippen LogP contribution is -2.16. The first-order valence-electron chi connectivity index (χ1n) is 8.12. The maximum Gasteiger partial charge on any atom is 0.274 e. The number of pyridine rings is 1. The molecule has 130 valence electrons. The van der Waals surface area contributed by atoms with Crippen molar-refractivity contribution >= 4 is 43.9 Å². The van der Waals surface area contributed by atoms with Crippen molar-refractivity contribution in [2.24, 2.45) is 0 Å². The standard InChI is InChI=1S/C20H16BrN3O2/c1-11-9-13(21)10-24-18(12(2)22-19(11)24)20(26)23-16-7-3-6-15-14(16)5-4-8-17(15)25/h3-10,25H,1-2H3,(H,23,26). The van der Waals surface area contributed by atoms with Crippen LogP contribution in [0.25, 0.3) is 16.4 Å². The van der Waals surface area contributed by atoms with E-state index in [4.69, 9.17) is 0 Å². The van der Waals surface area contributed by atoms with Crippen LogP contribution in [0.1, 0.15) is 21.7 Å². The molecule has 0 radical (unpaired) electrons. The number of carbonyl (C=O) groups excluding carboxylic acids is 1. The van der Waals surface area contributed by atoms with Crippen LogP contribution >= 0.6 is 15.9 Å². The number of anilines is 1. The molecule has 0 atom stereocenters. The zero-order chi connectivity index (χ0) is 18.4. The third-order valence-electron chi connectivity index (χ3n) is 4.41. The number of nitrogens with one attached hydrogen (secondary N) is 1. The number of aryl methyl sites for hydroxylation is 2. The van der Waals surface area contributed by atoms with Gasteiger partial charge < -0.3 is 10.4 Å². The first-order valence-corrected chi connectivity index (χ1v) is 8.92. The first kappa shape index (κ1) is 16.6. The number of halogens is 1. The molecular weight excluding hydrogens is 394 g/mol. The fourth-order valence-corrected chi connectivity index (χ4v) is 3.79. The molecule has 4 aromatic rings. The molecule has 0 saturated heterocycles. The molecule has 4 rings (SSSR count). The normalized spacial score (nSPS) is 11.2. The molecule has 2 aromatic heterocycles. The molecule has 5 nitrogen and oxygen atoms in total. The molecule has 2 aromatic carbocycles. The van der Waals surface area contributed by atoms with Crippen molar-refractivity contribution in [3.63, 3.8) is 0 Å². The molecule has 26 heavy (non-hydrogen) atoms. The molecule has 6 heteroatoms. The van der Waals surface area contributed by atoms with Gasteiger partial charge in [-0.25, -0.2) is 4.98 Å². The number of phenols is 1. The smallest absolute Gasteiger partial charge is 0.274 e. The minimum Gasteiger partial charge on any atom is -0.507 e. The summed E-state index contributed by atoms with van der Waals surface area (Å²) in [6, 6.07) is 12.7. The van der Waals surface area contributed by atoms with Crippen molar-refractivity contribution in [2.75, 3.05) is 5.32 Å². The van der Waals surface area contributed by atoms with E-state index >= 15 is 0 Å². The summed E-state index contributed by atoms with van der Waals surface area (Å²) in [6.07, 6.45) is 1.84. The molecule has 0 aliphatic rings. The van der Waals surface area contributed by atoms with E-state index in [-0.39, 0.29) is 11.7 Å². The van der Waals surface area contributed by atoms with Gasteiger partial charge in [0, 0.05) is 27.1 Å². The van der Waals surface area contributed by atoms with E-state index in [0.29, 0.717) is 22.5 Å². The molecule has 2 N–H and O–H groups in total. The first-order chi connectivity index (χ1) is 12.5. The number of rotatable bonds is 2. The Bertz CT molecular complexity index is 1180. The maximum absolute atomic E-state index is 13.0. The summed E-state index contributed by atoms with van der Waals surface area (Å²) in [4.78, 5) is 17.5. The van der Waals surface area contributed by atoms with Gasteiger partial charge in [0.1, 0.15) is 17.1 Å². The minimum atomic E-state index is -0.247. The molecule has 0 spiro atoms. The number of hydrogen-bond acceptors (Lipinski definition) is 3. The molecule has 0 fully saturated rings. The molecule has 0 unspecified atom stereocenters. The number of benzene rings is 2. The summed E-state index contributed by atoms with van der Waals surface area (Å²) in [5.41, 5.74) is 3.53. The van der Waals surface area contributed by atoms with E-state index in [1.165, 1.54) is 0 Å². The second-order valence-electron chi connectivity index (χ2n) is 6.21. The highest BCUT2D eigenvalue weighted by molar-refractivity contribution is 9.10. The number of nitrogens with zero attached hydrogens (tertiary/aromatic N) is 2. The number of hydrogen-bond donors (Lipinski definition) is 2. The SMILES string of the molecule is Cc1nc2c(C)cc(Br)cn2c1C(=O)Nc1cccc2c(O)cccc12. The Hall–Kier alpha value is -2.86. The van der Waals surface area contributed by atoms with Gasteiger partial charge in [-0.15, -0.1) is 0 Å². The molecule has 2 heterocycles. The van der Waals surface area contributed by atoms with Crippen molar-refractivity contribution in [1.82, 2.24) is 9.38 Å². The number of phenolic OH excluding ortho intramolecular Hbond substituents is 1. The van der Waals surface area contributed by atoms with Gasteiger partial charge in [0.15, 0.2) is 0 Å². The van der Waals surface area contributed by atoms with Gasteiger partial charge >= 0.3 is 0 Å². The Balaban J connectivity index is 1.82. The monoisotopic (exact) mass is 409 g/mol. The van der Waals surface area contributed by atoms with Crippen molar-refractivity contribution in [3.8, 4) is 5.75 Å². The Kier molecular flexibility index (Phi) is 3.92. The van der Waals surface area contributed by atoms with Gasteiger partial charge in [0.2, 0.25) is 0 Å². The quantitative estimate of drug-likeness (QED) is 0.498. The van der Waals surface area contributed by atoms with Crippen LogP contribution in [0, 0.1) is 13.8 Å². The van der Waals surface area contributed by atoms with E-state index in [9.17, 15) is 9.90 Å². The lowest BCUT2D eigenvalue weighted by molar-refractivity contribution is 0.102. The van der Waals surface area contributed by atoms with Crippen molar-refractivity contribution in [1.29, 1.82) is 0 Å². The lowest BCUT2D eigenvalue weighted by atomic mass is 10.1.